The quantitative estimate of drug-likeness (QED) is 0.744. The summed E-state index contributed by atoms with van der Waals surface area (Å²) in [6.45, 7) is 5.58. The van der Waals surface area contributed by atoms with Gasteiger partial charge in [0.05, 0.1) is 6.04 Å². The predicted octanol–water partition coefficient (Wildman–Crippen LogP) is 2.01. The minimum atomic E-state index is -0.415. The number of rotatable bonds is 5. The largest absolute Gasteiger partial charge is 0.321 e. The van der Waals surface area contributed by atoms with Crippen molar-refractivity contribution >= 4 is 5.78 Å². The van der Waals surface area contributed by atoms with Gasteiger partial charge >= 0.3 is 0 Å². The number of nitrogens with two attached hydrogens (primary N) is 1. The molecule has 2 heteroatoms. The Bertz CT molecular complexity index is 357. The maximum Gasteiger partial charge on any atom is 0.154 e. The van der Waals surface area contributed by atoms with E-state index >= 15 is 0 Å². The van der Waals surface area contributed by atoms with Gasteiger partial charge in [0, 0.05) is 6.42 Å². The van der Waals surface area contributed by atoms with Gasteiger partial charge in [0.1, 0.15) is 0 Å². The zero-order chi connectivity index (χ0) is 11.3. The van der Waals surface area contributed by atoms with Crippen LogP contribution in [0.1, 0.15) is 17.5 Å². The number of ketones is 1. The summed E-state index contributed by atoms with van der Waals surface area (Å²) in [4.78, 5) is 11.7. The number of hydrogen-bond donors (Lipinski definition) is 1. The van der Waals surface area contributed by atoms with E-state index in [9.17, 15) is 4.79 Å². The number of aryl methyl sites for hydroxylation is 1. The normalized spacial score (nSPS) is 12.1. The molecule has 0 saturated heterocycles. The van der Waals surface area contributed by atoms with Gasteiger partial charge in [-0.1, -0.05) is 30.3 Å². The lowest BCUT2D eigenvalue weighted by Gasteiger charge is -2.09. The Balaban J connectivity index is 2.66. The van der Waals surface area contributed by atoms with Gasteiger partial charge in [0.2, 0.25) is 0 Å². The highest BCUT2D eigenvalue weighted by molar-refractivity contribution is 5.86. The van der Waals surface area contributed by atoms with Crippen molar-refractivity contribution in [2.75, 3.05) is 0 Å². The van der Waals surface area contributed by atoms with Gasteiger partial charge < -0.3 is 5.73 Å². The molecule has 1 atom stereocenters. The molecule has 1 unspecified atom stereocenters. The summed E-state index contributed by atoms with van der Waals surface area (Å²) < 4.78 is 0. The lowest BCUT2D eigenvalue weighted by molar-refractivity contribution is -0.119. The van der Waals surface area contributed by atoms with Crippen molar-refractivity contribution in [3.05, 3.63) is 48.0 Å². The Hall–Kier alpha value is -1.41. The van der Waals surface area contributed by atoms with Crippen LogP contribution in [0.5, 0.6) is 0 Å². The summed E-state index contributed by atoms with van der Waals surface area (Å²) in [6, 6.07) is 7.46. The van der Waals surface area contributed by atoms with Crippen LogP contribution < -0.4 is 5.73 Å². The van der Waals surface area contributed by atoms with E-state index in [-0.39, 0.29) is 5.78 Å². The number of Topliss-reactive ketones (excluding diaryl/α,β-unsaturated/α-hetero) is 1. The molecule has 1 aromatic carbocycles. The van der Waals surface area contributed by atoms with Gasteiger partial charge in [-0.3, -0.25) is 4.79 Å². The van der Waals surface area contributed by atoms with Crippen LogP contribution in [0.2, 0.25) is 0 Å². The van der Waals surface area contributed by atoms with E-state index in [1.807, 2.05) is 31.2 Å². The van der Waals surface area contributed by atoms with Gasteiger partial charge in [-0.2, -0.15) is 0 Å². The molecule has 0 heterocycles. The van der Waals surface area contributed by atoms with Gasteiger partial charge in [0.25, 0.3) is 0 Å². The zero-order valence-corrected chi connectivity index (χ0v) is 9.07. The number of benzene rings is 1. The van der Waals surface area contributed by atoms with E-state index < -0.39 is 6.04 Å². The van der Waals surface area contributed by atoms with Gasteiger partial charge in [-0.25, -0.2) is 0 Å². The standard InChI is InChI=1S/C13H17NO/c1-3-6-12(14)13(15)9-11-8-5-4-7-10(11)2/h3-5,7-8,12H,1,6,9,14H2,2H3. The SMILES string of the molecule is C=CCC(N)C(=O)Cc1ccccc1C. The first-order valence-corrected chi connectivity index (χ1v) is 5.09. The van der Waals surface area contributed by atoms with E-state index in [4.69, 9.17) is 5.73 Å². The van der Waals surface area contributed by atoms with Crippen molar-refractivity contribution in [1.82, 2.24) is 0 Å². The molecule has 0 aliphatic heterocycles. The summed E-state index contributed by atoms with van der Waals surface area (Å²) in [6.07, 6.45) is 2.65. The van der Waals surface area contributed by atoms with E-state index in [1.165, 1.54) is 0 Å². The maximum absolute atomic E-state index is 11.7. The fraction of sp³-hybridized carbons (Fsp3) is 0.308. The minimum absolute atomic E-state index is 0.0733. The highest BCUT2D eigenvalue weighted by atomic mass is 16.1. The zero-order valence-electron chi connectivity index (χ0n) is 9.07. The molecule has 2 nitrogen and oxygen atoms in total. The summed E-state index contributed by atoms with van der Waals surface area (Å²) in [5, 5.41) is 0. The first-order valence-electron chi connectivity index (χ1n) is 5.09. The second kappa shape index (κ2) is 5.47. The molecular weight excluding hydrogens is 186 g/mol. The van der Waals surface area contributed by atoms with Crippen LogP contribution in [-0.4, -0.2) is 11.8 Å². The lowest BCUT2D eigenvalue weighted by atomic mass is 9.99. The first kappa shape index (κ1) is 11.7. The molecule has 1 aromatic rings. The van der Waals surface area contributed by atoms with Gasteiger partial charge in [-0.05, 0) is 24.5 Å². The fourth-order valence-electron chi connectivity index (χ4n) is 1.44. The van der Waals surface area contributed by atoms with Crippen LogP contribution in [0.3, 0.4) is 0 Å². The van der Waals surface area contributed by atoms with E-state index in [0.29, 0.717) is 12.8 Å². The Morgan fingerprint density at radius 3 is 2.80 bits per heavy atom. The van der Waals surface area contributed by atoms with Crippen LogP contribution in [0, 0.1) is 6.92 Å². The summed E-state index contributed by atoms with van der Waals surface area (Å²) in [5.41, 5.74) is 7.90. The smallest absolute Gasteiger partial charge is 0.154 e. The Kier molecular flexibility index (Phi) is 4.25. The van der Waals surface area contributed by atoms with Crippen molar-refractivity contribution in [1.29, 1.82) is 0 Å². The number of carbonyl (C=O) groups excluding carboxylic acids is 1. The molecule has 0 radical (unpaired) electrons. The van der Waals surface area contributed by atoms with Crippen LogP contribution in [0.25, 0.3) is 0 Å². The second-order valence-electron chi connectivity index (χ2n) is 3.70. The molecule has 1 rings (SSSR count). The average molecular weight is 203 g/mol. The molecule has 15 heavy (non-hydrogen) atoms. The molecule has 0 amide bonds. The van der Waals surface area contributed by atoms with Crippen LogP contribution >= 0.6 is 0 Å². The van der Waals surface area contributed by atoms with Gasteiger partial charge in [0.15, 0.2) is 5.78 Å². The highest BCUT2D eigenvalue weighted by Gasteiger charge is 2.12. The van der Waals surface area contributed by atoms with E-state index in [2.05, 4.69) is 6.58 Å². The molecule has 0 aliphatic rings. The van der Waals surface area contributed by atoms with E-state index in [0.717, 1.165) is 11.1 Å². The third kappa shape index (κ3) is 3.33. The van der Waals surface area contributed by atoms with Crippen LogP contribution in [0.15, 0.2) is 36.9 Å². The molecule has 0 aliphatic carbocycles. The molecule has 0 aromatic heterocycles. The molecular formula is C13H17NO. The van der Waals surface area contributed by atoms with E-state index in [1.54, 1.807) is 6.08 Å². The molecule has 80 valence electrons. The van der Waals surface area contributed by atoms with Crippen molar-refractivity contribution in [2.24, 2.45) is 5.73 Å². The molecule has 0 bridgehead atoms. The summed E-state index contributed by atoms with van der Waals surface area (Å²) in [5.74, 6) is 0.0733. The Labute approximate surface area is 90.8 Å². The topological polar surface area (TPSA) is 43.1 Å². The third-order valence-electron chi connectivity index (χ3n) is 2.46. The molecule has 0 spiro atoms. The van der Waals surface area contributed by atoms with Crippen LogP contribution in [0.4, 0.5) is 0 Å². The fourth-order valence-corrected chi connectivity index (χ4v) is 1.44. The van der Waals surface area contributed by atoms with Crippen molar-refractivity contribution in [3.8, 4) is 0 Å². The molecule has 0 saturated carbocycles. The van der Waals surface area contributed by atoms with Crippen molar-refractivity contribution in [3.63, 3.8) is 0 Å². The summed E-state index contributed by atoms with van der Waals surface area (Å²) >= 11 is 0. The van der Waals surface area contributed by atoms with Crippen molar-refractivity contribution in [2.45, 2.75) is 25.8 Å². The number of hydrogen-bond acceptors (Lipinski definition) is 2. The number of carbonyl (C=O) groups is 1. The lowest BCUT2D eigenvalue weighted by Crippen LogP contribution is -2.31. The minimum Gasteiger partial charge on any atom is -0.321 e. The molecule has 0 fully saturated rings. The van der Waals surface area contributed by atoms with Crippen molar-refractivity contribution < 1.29 is 4.79 Å². The average Bonchev–Trinajstić information content (AvgIpc) is 2.21. The van der Waals surface area contributed by atoms with Gasteiger partial charge in [-0.15, -0.1) is 6.58 Å². The monoisotopic (exact) mass is 203 g/mol. The summed E-state index contributed by atoms with van der Waals surface area (Å²) in [7, 11) is 0. The Morgan fingerprint density at radius 2 is 2.20 bits per heavy atom. The predicted molar refractivity (Wildman–Crippen MR) is 62.7 cm³/mol. The second-order valence-corrected chi connectivity index (χ2v) is 3.70. The van der Waals surface area contributed by atoms with Crippen LogP contribution in [-0.2, 0) is 11.2 Å². The Morgan fingerprint density at radius 1 is 1.53 bits per heavy atom. The highest BCUT2D eigenvalue weighted by Crippen LogP contribution is 2.09. The maximum atomic E-state index is 11.7. The first-order chi connectivity index (χ1) is 7.15. The molecule has 2 N–H and O–H groups in total. The third-order valence-corrected chi connectivity index (χ3v) is 2.46.